The van der Waals surface area contributed by atoms with Gasteiger partial charge in [-0.15, -0.1) is 0 Å². The Balaban J connectivity index is 1.21. The summed E-state index contributed by atoms with van der Waals surface area (Å²) in [5.74, 6) is 1.24. The molecule has 2 amide bonds. The van der Waals surface area contributed by atoms with Crippen molar-refractivity contribution >= 4 is 11.8 Å². The van der Waals surface area contributed by atoms with Crippen molar-refractivity contribution < 1.29 is 14.3 Å². The number of pyridine rings is 1. The zero-order valence-corrected chi connectivity index (χ0v) is 16.8. The molecule has 0 radical (unpaired) electrons. The number of carbonyl (C=O) groups is 2. The second kappa shape index (κ2) is 9.09. The van der Waals surface area contributed by atoms with Gasteiger partial charge in [0.1, 0.15) is 6.61 Å². The first-order chi connectivity index (χ1) is 14.1. The van der Waals surface area contributed by atoms with Gasteiger partial charge in [-0.05, 0) is 56.7 Å². The Morgan fingerprint density at radius 3 is 2.55 bits per heavy atom. The molecule has 3 heterocycles. The van der Waals surface area contributed by atoms with Gasteiger partial charge in [0.05, 0.1) is 11.7 Å². The lowest BCUT2D eigenvalue weighted by Crippen LogP contribution is -2.52. The molecule has 8 nitrogen and oxygen atoms in total. The van der Waals surface area contributed by atoms with Crippen LogP contribution in [0.1, 0.15) is 36.0 Å². The molecule has 1 atom stereocenters. The zero-order chi connectivity index (χ0) is 20.2. The number of hydrogen-bond acceptors (Lipinski definition) is 5. The van der Waals surface area contributed by atoms with Gasteiger partial charge in [-0.25, -0.2) is 0 Å². The lowest BCUT2D eigenvalue weighted by molar-refractivity contribution is -0.149. The highest BCUT2D eigenvalue weighted by Gasteiger charge is 2.31. The van der Waals surface area contributed by atoms with Crippen LogP contribution in [0.2, 0.25) is 0 Å². The van der Waals surface area contributed by atoms with Gasteiger partial charge >= 0.3 is 0 Å². The summed E-state index contributed by atoms with van der Waals surface area (Å²) >= 11 is 0. The van der Waals surface area contributed by atoms with Crippen molar-refractivity contribution in [1.82, 2.24) is 20.1 Å². The number of morpholine rings is 1. The molecule has 158 valence electrons. The Morgan fingerprint density at radius 2 is 1.86 bits per heavy atom. The molecule has 3 fully saturated rings. The van der Waals surface area contributed by atoms with Gasteiger partial charge in [-0.3, -0.25) is 14.4 Å². The fourth-order valence-electron chi connectivity index (χ4n) is 4.17. The van der Waals surface area contributed by atoms with Crippen molar-refractivity contribution in [2.24, 2.45) is 11.8 Å². The Labute approximate surface area is 170 Å². The summed E-state index contributed by atoms with van der Waals surface area (Å²) in [5, 5.41) is 2.83. The van der Waals surface area contributed by atoms with Crippen LogP contribution < -0.4 is 10.9 Å². The molecule has 0 aromatic carbocycles. The zero-order valence-electron chi connectivity index (χ0n) is 16.8. The number of amides is 2. The van der Waals surface area contributed by atoms with E-state index in [4.69, 9.17) is 4.74 Å². The van der Waals surface area contributed by atoms with Crippen LogP contribution in [0.5, 0.6) is 0 Å². The molecule has 29 heavy (non-hydrogen) atoms. The number of hydrogen-bond donors (Lipinski definition) is 2. The second-order valence-electron chi connectivity index (χ2n) is 8.57. The minimum Gasteiger partial charge on any atom is -0.365 e. The SMILES string of the molecule is O=C(NC[C@H]1CN(CC2CCN(CC3CC3)CC2)C(=O)CO1)c1ccc(=O)[nH]c1. The number of ether oxygens (including phenoxy) is 1. The first-order valence-corrected chi connectivity index (χ1v) is 10.7. The quantitative estimate of drug-likeness (QED) is 0.691. The highest BCUT2D eigenvalue weighted by molar-refractivity contribution is 5.93. The maximum Gasteiger partial charge on any atom is 0.252 e. The first-order valence-electron chi connectivity index (χ1n) is 10.7. The molecule has 2 saturated heterocycles. The van der Waals surface area contributed by atoms with E-state index < -0.39 is 0 Å². The topological polar surface area (TPSA) is 94.7 Å². The molecule has 3 aliphatic rings. The Morgan fingerprint density at radius 1 is 1.10 bits per heavy atom. The molecule has 1 saturated carbocycles. The van der Waals surface area contributed by atoms with Crippen LogP contribution in [-0.4, -0.2) is 78.6 Å². The second-order valence-corrected chi connectivity index (χ2v) is 8.57. The molecule has 8 heteroatoms. The van der Waals surface area contributed by atoms with E-state index in [1.54, 1.807) is 0 Å². The lowest BCUT2D eigenvalue weighted by Gasteiger charge is -2.38. The molecule has 1 aliphatic carbocycles. The molecule has 0 spiro atoms. The number of aromatic nitrogens is 1. The molecule has 0 bridgehead atoms. The number of rotatable bonds is 7. The molecule has 1 aromatic rings. The van der Waals surface area contributed by atoms with Crippen LogP contribution in [0.15, 0.2) is 23.1 Å². The van der Waals surface area contributed by atoms with Gasteiger partial charge in [0, 0.05) is 38.4 Å². The van der Waals surface area contributed by atoms with Crippen molar-refractivity contribution in [2.75, 3.05) is 45.9 Å². The van der Waals surface area contributed by atoms with Crippen LogP contribution in [0.4, 0.5) is 0 Å². The molecule has 0 unspecified atom stereocenters. The Hall–Kier alpha value is -2.19. The van der Waals surface area contributed by atoms with Crippen molar-refractivity contribution in [1.29, 1.82) is 0 Å². The summed E-state index contributed by atoms with van der Waals surface area (Å²) in [6.45, 7) is 5.22. The van der Waals surface area contributed by atoms with Gasteiger partial charge in [-0.2, -0.15) is 0 Å². The van der Waals surface area contributed by atoms with E-state index in [9.17, 15) is 14.4 Å². The van der Waals surface area contributed by atoms with Gasteiger partial charge in [0.2, 0.25) is 11.5 Å². The standard InChI is InChI=1S/C21H30N4O4/c26-19-4-3-17(9-22-19)21(28)23-10-18-13-25(20(27)14-29-18)12-16-5-7-24(8-6-16)11-15-1-2-15/h3-4,9,15-16,18H,1-2,5-8,10-14H2,(H,22,26)(H,23,28)/t18-/m0/s1. The van der Waals surface area contributed by atoms with Crippen LogP contribution >= 0.6 is 0 Å². The van der Waals surface area contributed by atoms with Crippen LogP contribution in [-0.2, 0) is 9.53 Å². The molecule has 4 rings (SSSR count). The Kier molecular flexibility index (Phi) is 6.30. The van der Waals surface area contributed by atoms with Gasteiger partial charge in [-0.1, -0.05) is 0 Å². The summed E-state index contributed by atoms with van der Waals surface area (Å²) in [6, 6.07) is 2.81. The summed E-state index contributed by atoms with van der Waals surface area (Å²) in [5.41, 5.74) is 0.149. The molecule has 2 aliphatic heterocycles. The van der Waals surface area contributed by atoms with E-state index in [0.717, 1.165) is 38.4 Å². The summed E-state index contributed by atoms with van der Waals surface area (Å²) in [6.07, 6.45) is 6.25. The summed E-state index contributed by atoms with van der Waals surface area (Å²) < 4.78 is 5.61. The number of carbonyl (C=O) groups excluding carboxylic acids is 2. The highest BCUT2D eigenvalue weighted by atomic mass is 16.5. The predicted molar refractivity (Wildman–Crippen MR) is 108 cm³/mol. The average Bonchev–Trinajstić information content (AvgIpc) is 3.54. The number of nitrogens with zero attached hydrogens (tertiary/aromatic N) is 2. The summed E-state index contributed by atoms with van der Waals surface area (Å²) in [7, 11) is 0. The van der Waals surface area contributed by atoms with Crippen LogP contribution in [0, 0.1) is 11.8 Å². The largest absolute Gasteiger partial charge is 0.365 e. The van der Waals surface area contributed by atoms with E-state index in [-0.39, 0.29) is 30.1 Å². The highest BCUT2D eigenvalue weighted by Crippen LogP contribution is 2.31. The Bertz CT molecular complexity index is 763. The number of H-pyrrole nitrogens is 1. The van der Waals surface area contributed by atoms with E-state index in [1.807, 2.05) is 4.90 Å². The number of likely N-dealkylation sites (tertiary alicyclic amines) is 1. The maximum atomic E-state index is 12.3. The van der Waals surface area contributed by atoms with E-state index in [2.05, 4.69) is 15.2 Å². The minimum atomic E-state index is -0.267. The third-order valence-electron chi connectivity index (χ3n) is 6.15. The number of piperidine rings is 1. The van der Waals surface area contributed by atoms with E-state index in [0.29, 0.717) is 24.6 Å². The molecular weight excluding hydrogens is 372 g/mol. The minimum absolute atomic E-state index is 0.0358. The molecule has 1 aromatic heterocycles. The maximum absolute atomic E-state index is 12.3. The van der Waals surface area contributed by atoms with Crippen molar-refractivity contribution in [3.05, 3.63) is 34.2 Å². The fraction of sp³-hybridized carbons (Fsp3) is 0.667. The third kappa shape index (κ3) is 5.67. The molecule has 2 N–H and O–H groups in total. The fourth-order valence-corrected chi connectivity index (χ4v) is 4.17. The number of aromatic amines is 1. The normalized spacial score (nSPS) is 23.9. The first kappa shape index (κ1) is 20.1. The lowest BCUT2D eigenvalue weighted by atomic mass is 9.95. The van der Waals surface area contributed by atoms with Crippen LogP contribution in [0.25, 0.3) is 0 Å². The monoisotopic (exact) mass is 402 g/mol. The van der Waals surface area contributed by atoms with Crippen molar-refractivity contribution in [3.8, 4) is 0 Å². The summed E-state index contributed by atoms with van der Waals surface area (Å²) in [4.78, 5) is 42.6. The average molecular weight is 402 g/mol. The van der Waals surface area contributed by atoms with Gasteiger partial charge in [0.15, 0.2) is 0 Å². The van der Waals surface area contributed by atoms with Crippen LogP contribution in [0.3, 0.4) is 0 Å². The number of nitrogens with one attached hydrogen (secondary N) is 2. The third-order valence-corrected chi connectivity index (χ3v) is 6.15. The van der Waals surface area contributed by atoms with Gasteiger partial charge < -0.3 is 24.8 Å². The predicted octanol–water partition coefficient (Wildman–Crippen LogP) is 0.454. The van der Waals surface area contributed by atoms with Crippen molar-refractivity contribution in [2.45, 2.75) is 31.8 Å². The van der Waals surface area contributed by atoms with E-state index in [1.165, 1.54) is 37.7 Å². The van der Waals surface area contributed by atoms with E-state index >= 15 is 0 Å². The van der Waals surface area contributed by atoms with Crippen molar-refractivity contribution in [3.63, 3.8) is 0 Å². The van der Waals surface area contributed by atoms with Gasteiger partial charge in [0.25, 0.3) is 5.91 Å². The molecular formula is C21H30N4O4. The smallest absolute Gasteiger partial charge is 0.252 e.